The van der Waals surface area contributed by atoms with Gasteiger partial charge in [0.2, 0.25) is 5.91 Å². The molecule has 0 rings (SSSR count). The van der Waals surface area contributed by atoms with E-state index >= 15 is 0 Å². The summed E-state index contributed by atoms with van der Waals surface area (Å²) in [6, 6.07) is 0. The van der Waals surface area contributed by atoms with Crippen LogP contribution in [0.5, 0.6) is 0 Å². The highest BCUT2D eigenvalue weighted by Gasteiger charge is 2.32. The lowest BCUT2D eigenvalue weighted by molar-refractivity contribution is -0.140. The van der Waals surface area contributed by atoms with Crippen LogP contribution < -0.4 is 5.48 Å². The van der Waals surface area contributed by atoms with Crippen molar-refractivity contribution in [2.75, 3.05) is 0 Å². The molecule has 0 atom stereocenters. The van der Waals surface area contributed by atoms with Crippen molar-refractivity contribution in [2.24, 2.45) is 5.41 Å². The summed E-state index contributed by atoms with van der Waals surface area (Å²) in [5.74, 6) is -0.259. The van der Waals surface area contributed by atoms with Crippen molar-refractivity contribution in [1.82, 2.24) is 5.48 Å². The molecule has 0 aliphatic rings. The van der Waals surface area contributed by atoms with Gasteiger partial charge in [0.15, 0.2) is 0 Å². The molecule has 0 aliphatic carbocycles. The van der Waals surface area contributed by atoms with E-state index in [-0.39, 0.29) is 11.3 Å². The summed E-state index contributed by atoms with van der Waals surface area (Å²) in [6.07, 6.45) is 2.31. The molecule has 0 heterocycles. The second kappa shape index (κ2) is 4.34. The smallest absolute Gasteiger partial charge is 0.249 e. The summed E-state index contributed by atoms with van der Waals surface area (Å²) in [5, 5.41) is 8.46. The van der Waals surface area contributed by atoms with Gasteiger partial charge in [0, 0.05) is 0 Å². The van der Waals surface area contributed by atoms with Crippen molar-refractivity contribution in [2.45, 2.75) is 40.0 Å². The third-order valence-corrected chi connectivity index (χ3v) is 2.61. The molecule has 0 bridgehead atoms. The highest BCUT2D eigenvalue weighted by molar-refractivity contribution is 5.81. The van der Waals surface area contributed by atoms with Crippen molar-refractivity contribution >= 4 is 5.91 Å². The number of hydrogen-bond acceptors (Lipinski definition) is 2. The van der Waals surface area contributed by atoms with Gasteiger partial charge < -0.3 is 0 Å². The molecule has 0 unspecified atom stereocenters. The van der Waals surface area contributed by atoms with Gasteiger partial charge in [-0.1, -0.05) is 20.8 Å². The van der Waals surface area contributed by atoms with Crippen molar-refractivity contribution < 1.29 is 10.0 Å². The fraction of sp³-hybridized carbons (Fsp3) is 0.875. The molecule has 0 saturated carbocycles. The molecule has 66 valence electrons. The predicted molar refractivity (Wildman–Crippen MR) is 43.2 cm³/mol. The van der Waals surface area contributed by atoms with Gasteiger partial charge in [0.05, 0.1) is 5.41 Å². The average Bonchev–Trinajstić information content (AvgIpc) is 2.08. The van der Waals surface area contributed by atoms with Crippen LogP contribution >= 0.6 is 0 Å². The molecular weight excluding hydrogens is 142 g/mol. The van der Waals surface area contributed by atoms with E-state index in [1.165, 1.54) is 0 Å². The second-order valence-electron chi connectivity index (χ2n) is 2.78. The van der Waals surface area contributed by atoms with Crippen LogP contribution in [-0.4, -0.2) is 11.1 Å². The number of amides is 1. The van der Waals surface area contributed by atoms with E-state index in [1.54, 1.807) is 5.48 Å². The van der Waals surface area contributed by atoms with E-state index in [9.17, 15) is 4.79 Å². The van der Waals surface area contributed by atoms with E-state index in [2.05, 4.69) is 0 Å². The van der Waals surface area contributed by atoms with Crippen LogP contribution in [0.1, 0.15) is 40.0 Å². The maximum Gasteiger partial charge on any atom is 0.249 e. The fourth-order valence-corrected chi connectivity index (χ4v) is 1.35. The Hall–Kier alpha value is -0.570. The van der Waals surface area contributed by atoms with Gasteiger partial charge >= 0.3 is 0 Å². The first-order valence-corrected chi connectivity index (χ1v) is 4.11. The van der Waals surface area contributed by atoms with E-state index in [0.717, 1.165) is 19.3 Å². The van der Waals surface area contributed by atoms with Crippen LogP contribution in [-0.2, 0) is 4.79 Å². The number of carbonyl (C=O) groups is 1. The normalized spacial score (nSPS) is 11.3. The SMILES string of the molecule is CCC(CC)(CC)C(=O)NO. The molecule has 2 N–H and O–H groups in total. The van der Waals surface area contributed by atoms with Crippen LogP contribution in [0.25, 0.3) is 0 Å². The standard InChI is InChI=1S/C8H17NO2/c1-4-8(5-2,6-3)7(10)9-11/h11H,4-6H2,1-3H3,(H,9,10). The number of rotatable bonds is 4. The highest BCUT2D eigenvalue weighted by Crippen LogP contribution is 2.29. The third kappa shape index (κ3) is 1.93. The van der Waals surface area contributed by atoms with Crippen LogP contribution in [0, 0.1) is 5.41 Å². The Balaban J connectivity index is 4.39. The molecule has 0 radical (unpaired) electrons. The summed E-state index contributed by atoms with van der Waals surface area (Å²) >= 11 is 0. The largest absolute Gasteiger partial charge is 0.289 e. The minimum absolute atomic E-state index is 0.259. The lowest BCUT2D eigenvalue weighted by Crippen LogP contribution is -2.38. The number of hydroxylamine groups is 1. The fourth-order valence-electron chi connectivity index (χ4n) is 1.35. The summed E-state index contributed by atoms with van der Waals surface area (Å²) in [4.78, 5) is 11.2. The van der Waals surface area contributed by atoms with E-state index in [1.807, 2.05) is 20.8 Å². The molecule has 1 amide bonds. The first-order valence-electron chi connectivity index (χ1n) is 4.11. The summed E-state index contributed by atoms with van der Waals surface area (Å²) in [6.45, 7) is 5.88. The number of nitrogens with one attached hydrogen (secondary N) is 1. The van der Waals surface area contributed by atoms with Gasteiger partial charge in [-0.25, -0.2) is 5.48 Å². The molecule has 0 aromatic heterocycles. The Kier molecular flexibility index (Phi) is 4.11. The predicted octanol–water partition coefficient (Wildman–Crippen LogP) is 1.71. The Morgan fingerprint density at radius 1 is 1.27 bits per heavy atom. The lowest BCUT2D eigenvalue weighted by Gasteiger charge is -2.26. The first kappa shape index (κ1) is 10.4. The monoisotopic (exact) mass is 159 g/mol. The maximum absolute atomic E-state index is 11.2. The number of carbonyl (C=O) groups excluding carboxylic acids is 1. The summed E-state index contributed by atoms with van der Waals surface area (Å²) in [5.41, 5.74) is 1.35. The Bertz CT molecular complexity index is 122. The molecule has 0 saturated heterocycles. The lowest BCUT2D eigenvalue weighted by atomic mass is 9.79. The average molecular weight is 159 g/mol. The van der Waals surface area contributed by atoms with Gasteiger partial charge in [-0.3, -0.25) is 10.0 Å². The highest BCUT2D eigenvalue weighted by atomic mass is 16.5. The third-order valence-electron chi connectivity index (χ3n) is 2.61. The zero-order chi connectivity index (χ0) is 8.91. The summed E-state index contributed by atoms with van der Waals surface area (Å²) in [7, 11) is 0. The zero-order valence-electron chi connectivity index (χ0n) is 7.48. The minimum Gasteiger partial charge on any atom is -0.289 e. The Morgan fingerprint density at radius 2 is 1.64 bits per heavy atom. The summed E-state index contributed by atoms with van der Waals surface area (Å²) < 4.78 is 0. The molecule has 0 aliphatic heterocycles. The van der Waals surface area contributed by atoms with Gasteiger partial charge in [-0.15, -0.1) is 0 Å². The molecule has 3 heteroatoms. The van der Waals surface area contributed by atoms with E-state index in [0.29, 0.717) is 0 Å². The molecule has 11 heavy (non-hydrogen) atoms. The molecule has 3 nitrogen and oxygen atoms in total. The van der Waals surface area contributed by atoms with Crippen LogP contribution in [0.4, 0.5) is 0 Å². The molecule has 0 fully saturated rings. The van der Waals surface area contributed by atoms with E-state index < -0.39 is 0 Å². The van der Waals surface area contributed by atoms with Crippen molar-refractivity contribution in [3.63, 3.8) is 0 Å². The van der Waals surface area contributed by atoms with Crippen molar-refractivity contribution in [3.05, 3.63) is 0 Å². The van der Waals surface area contributed by atoms with Crippen molar-refractivity contribution in [3.8, 4) is 0 Å². The maximum atomic E-state index is 11.2. The Labute approximate surface area is 67.8 Å². The first-order chi connectivity index (χ1) is 5.16. The van der Waals surface area contributed by atoms with Crippen LogP contribution in [0.15, 0.2) is 0 Å². The molecular formula is C8H17NO2. The van der Waals surface area contributed by atoms with E-state index in [4.69, 9.17) is 5.21 Å². The zero-order valence-corrected chi connectivity index (χ0v) is 7.48. The van der Waals surface area contributed by atoms with Crippen LogP contribution in [0.2, 0.25) is 0 Å². The van der Waals surface area contributed by atoms with Gasteiger partial charge in [0.1, 0.15) is 0 Å². The van der Waals surface area contributed by atoms with Gasteiger partial charge in [-0.2, -0.15) is 0 Å². The topological polar surface area (TPSA) is 49.3 Å². The van der Waals surface area contributed by atoms with Crippen molar-refractivity contribution in [1.29, 1.82) is 0 Å². The van der Waals surface area contributed by atoms with Crippen LogP contribution in [0.3, 0.4) is 0 Å². The minimum atomic E-state index is -0.366. The molecule has 0 spiro atoms. The Morgan fingerprint density at radius 3 is 1.73 bits per heavy atom. The number of hydrogen-bond donors (Lipinski definition) is 2. The molecule has 0 aromatic carbocycles. The van der Waals surface area contributed by atoms with Gasteiger partial charge in [0.25, 0.3) is 0 Å². The second-order valence-corrected chi connectivity index (χ2v) is 2.78. The van der Waals surface area contributed by atoms with Gasteiger partial charge in [-0.05, 0) is 19.3 Å². The quantitative estimate of drug-likeness (QED) is 0.484. The molecule has 0 aromatic rings.